The van der Waals surface area contributed by atoms with Gasteiger partial charge < -0.3 is 18.9 Å². The average molecular weight is 975 g/mol. The Morgan fingerprint density at radius 2 is 0.618 bits per heavy atom. The summed E-state index contributed by atoms with van der Waals surface area (Å²) in [6.45, 7) is 9.02. The molecule has 0 fully saturated rings. The minimum absolute atomic E-state index is 1.11. The van der Waals surface area contributed by atoms with Gasteiger partial charge >= 0.3 is 0 Å². The van der Waals surface area contributed by atoms with Crippen molar-refractivity contribution in [3.63, 3.8) is 0 Å². The molecule has 362 valence electrons. The molecule has 76 heavy (non-hydrogen) atoms. The Labute approximate surface area is 443 Å². The minimum atomic E-state index is 1.11. The second kappa shape index (κ2) is 18.1. The van der Waals surface area contributed by atoms with E-state index < -0.39 is 0 Å². The van der Waals surface area contributed by atoms with Gasteiger partial charge in [-0.3, -0.25) is 0 Å². The van der Waals surface area contributed by atoms with Crippen LogP contribution >= 0.6 is 0 Å². The van der Waals surface area contributed by atoms with Gasteiger partial charge in [0.1, 0.15) is 0 Å². The number of anilines is 6. The number of nitrogens with zero attached hydrogens (tertiary/aromatic N) is 4. The first kappa shape index (κ1) is 45.0. The molecule has 4 heteroatoms. The second-order valence-electron chi connectivity index (χ2n) is 20.3. The minimum Gasteiger partial charge on any atom is -0.314 e. The molecule has 2 heterocycles. The predicted octanol–water partition coefficient (Wildman–Crippen LogP) is 20.0. The van der Waals surface area contributed by atoms with Crippen LogP contribution in [0.4, 0.5) is 34.1 Å². The third-order valence-electron chi connectivity index (χ3n) is 16.1. The lowest BCUT2D eigenvalue weighted by molar-refractivity contribution is 1.04. The van der Waals surface area contributed by atoms with E-state index in [1.54, 1.807) is 0 Å². The fraction of sp³-hybridized carbons (Fsp3) is 0.0556. The molecule has 12 aromatic carbocycles. The molecule has 0 aliphatic rings. The van der Waals surface area contributed by atoms with E-state index in [1.165, 1.54) is 98.5 Å². The van der Waals surface area contributed by atoms with Crippen LogP contribution in [0, 0.1) is 27.7 Å². The Balaban J connectivity index is 0.796. The lowest BCUT2D eigenvalue weighted by Crippen LogP contribution is -2.10. The normalized spacial score (nSPS) is 11.7. The van der Waals surface area contributed by atoms with E-state index in [-0.39, 0.29) is 0 Å². The summed E-state index contributed by atoms with van der Waals surface area (Å²) in [6.07, 6.45) is 0. The summed E-state index contributed by atoms with van der Waals surface area (Å²) in [5.74, 6) is 0. The molecule has 2 aromatic heterocycles. The number of hydrogen-bond acceptors (Lipinski definition) is 2. The van der Waals surface area contributed by atoms with Crippen LogP contribution in [-0.2, 0) is 0 Å². The molecule has 0 aliphatic heterocycles. The number of rotatable bonds is 9. The third-order valence-corrected chi connectivity index (χ3v) is 16.1. The van der Waals surface area contributed by atoms with E-state index in [2.05, 4.69) is 301 Å². The topological polar surface area (TPSA) is 16.3 Å². The Kier molecular flexibility index (Phi) is 10.7. The van der Waals surface area contributed by atoms with Crippen LogP contribution in [0.1, 0.15) is 22.5 Å². The molecular formula is C72H54N4. The Bertz CT molecular complexity index is 4270. The van der Waals surface area contributed by atoms with Gasteiger partial charge in [-0.15, -0.1) is 0 Å². The Morgan fingerprint density at radius 3 is 1.04 bits per heavy atom. The smallest absolute Gasteiger partial charge is 0.0540 e. The van der Waals surface area contributed by atoms with Crippen LogP contribution in [0.25, 0.3) is 87.4 Å². The zero-order valence-electron chi connectivity index (χ0n) is 43.0. The highest BCUT2D eigenvalue weighted by Gasteiger charge is 2.21. The van der Waals surface area contributed by atoms with Crippen molar-refractivity contribution in [2.75, 3.05) is 9.80 Å². The van der Waals surface area contributed by atoms with Crippen molar-refractivity contribution in [2.45, 2.75) is 27.7 Å². The van der Waals surface area contributed by atoms with Crippen LogP contribution in [0.5, 0.6) is 0 Å². The summed E-state index contributed by atoms with van der Waals surface area (Å²) < 4.78 is 4.84. The van der Waals surface area contributed by atoms with Crippen LogP contribution in [0.2, 0.25) is 0 Å². The van der Waals surface area contributed by atoms with Crippen molar-refractivity contribution in [1.82, 2.24) is 9.13 Å². The summed E-state index contributed by atoms with van der Waals surface area (Å²) in [7, 11) is 0. The Morgan fingerprint density at radius 1 is 0.263 bits per heavy atom. The molecule has 0 N–H and O–H groups in total. The quantitative estimate of drug-likeness (QED) is 0.143. The summed E-state index contributed by atoms with van der Waals surface area (Å²) >= 11 is 0. The number of aryl methyl sites for hydroxylation is 2. The third kappa shape index (κ3) is 7.44. The maximum Gasteiger partial charge on any atom is 0.0540 e. The van der Waals surface area contributed by atoms with Gasteiger partial charge in [0.05, 0.1) is 22.4 Å². The SMILES string of the molecule is Cc1c(C)n(-c2ccc(N(c3ccc4ccccc4c3)c3cccc4ccccc34)cc2)c2ccc(-c3ccc4c(c3)c(C)c(C)n4-c3ccc(N(c4ccc5ccccc5c4)c4cccc5ccccc45)cc3)cc12. The van der Waals surface area contributed by atoms with Crippen LogP contribution < -0.4 is 9.80 Å². The number of hydrogen-bond donors (Lipinski definition) is 0. The van der Waals surface area contributed by atoms with E-state index in [9.17, 15) is 0 Å². The maximum atomic E-state index is 2.42. The fourth-order valence-corrected chi connectivity index (χ4v) is 12.0. The number of aromatic nitrogens is 2. The highest BCUT2D eigenvalue weighted by atomic mass is 15.2. The molecule has 0 atom stereocenters. The maximum absolute atomic E-state index is 2.42. The largest absolute Gasteiger partial charge is 0.314 e. The van der Waals surface area contributed by atoms with E-state index in [0.717, 1.165) is 45.5 Å². The summed E-state index contributed by atoms with van der Waals surface area (Å²) in [5, 5.41) is 12.3. The summed E-state index contributed by atoms with van der Waals surface area (Å²) in [4.78, 5) is 4.80. The second-order valence-corrected chi connectivity index (χ2v) is 20.3. The van der Waals surface area contributed by atoms with E-state index in [1.807, 2.05) is 0 Å². The molecule has 0 spiro atoms. The standard InChI is InChI=1S/C72H54N4/c1-47-49(3)73(59-33-37-61(38-34-59)75(63-31-27-51-15-5-7-19-55(51)43-63)69-25-13-21-53-17-9-11-23-65(53)69)71-41-29-57(45-67(47)71)58-30-42-72-68(46-58)48(2)50(4)74(72)60-35-39-62(40-36-60)76(64-32-28-52-16-6-8-20-56(52)44-64)70-26-14-22-54-18-10-12-24-66(54)70/h5-46H,1-4H3. The fourth-order valence-electron chi connectivity index (χ4n) is 12.0. The van der Waals surface area contributed by atoms with Crippen molar-refractivity contribution >= 4 is 99.0 Å². The van der Waals surface area contributed by atoms with Gasteiger partial charge in [0.2, 0.25) is 0 Å². The van der Waals surface area contributed by atoms with Crippen molar-refractivity contribution in [3.8, 4) is 22.5 Å². The first-order valence-electron chi connectivity index (χ1n) is 26.3. The van der Waals surface area contributed by atoms with Gasteiger partial charge in [0.15, 0.2) is 0 Å². The zero-order chi connectivity index (χ0) is 51.0. The summed E-state index contributed by atoms with van der Waals surface area (Å²) in [5.41, 5.74) is 18.9. The van der Waals surface area contributed by atoms with Gasteiger partial charge in [-0.05, 0) is 191 Å². The number of benzene rings is 12. The van der Waals surface area contributed by atoms with Crippen LogP contribution in [-0.4, -0.2) is 9.13 Å². The van der Waals surface area contributed by atoms with Crippen LogP contribution in [0.3, 0.4) is 0 Å². The molecule has 0 bridgehead atoms. The molecule has 14 rings (SSSR count). The molecule has 0 amide bonds. The van der Waals surface area contributed by atoms with Crippen molar-refractivity contribution in [1.29, 1.82) is 0 Å². The number of fused-ring (bicyclic) bond motifs is 6. The molecule has 0 unspecified atom stereocenters. The lowest BCUT2D eigenvalue weighted by Gasteiger charge is -2.27. The van der Waals surface area contributed by atoms with E-state index in [4.69, 9.17) is 0 Å². The molecular weight excluding hydrogens is 921 g/mol. The monoisotopic (exact) mass is 974 g/mol. The highest BCUT2D eigenvalue weighted by Crippen LogP contribution is 2.44. The molecule has 4 nitrogen and oxygen atoms in total. The van der Waals surface area contributed by atoms with Gasteiger partial charge in [-0.2, -0.15) is 0 Å². The first-order valence-corrected chi connectivity index (χ1v) is 26.3. The summed E-state index contributed by atoms with van der Waals surface area (Å²) in [6, 6.07) is 93.5. The van der Waals surface area contributed by atoms with Crippen molar-refractivity contribution in [2.24, 2.45) is 0 Å². The van der Waals surface area contributed by atoms with Gasteiger partial charge in [0.25, 0.3) is 0 Å². The van der Waals surface area contributed by atoms with E-state index >= 15 is 0 Å². The first-order chi connectivity index (χ1) is 37.3. The van der Waals surface area contributed by atoms with Gasteiger partial charge in [-0.1, -0.05) is 146 Å². The van der Waals surface area contributed by atoms with E-state index in [0.29, 0.717) is 0 Å². The average Bonchev–Trinajstić information content (AvgIpc) is 3.90. The van der Waals surface area contributed by atoms with Gasteiger partial charge in [0, 0.05) is 67.1 Å². The lowest BCUT2D eigenvalue weighted by atomic mass is 10.00. The van der Waals surface area contributed by atoms with Gasteiger partial charge in [-0.25, -0.2) is 0 Å². The van der Waals surface area contributed by atoms with Crippen molar-refractivity contribution < 1.29 is 0 Å². The molecule has 0 aliphatic carbocycles. The van der Waals surface area contributed by atoms with Crippen LogP contribution in [0.15, 0.2) is 255 Å². The highest BCUT2D eigenvalue weighted by molar-refractivity contribution is 6.02. The Hall–Kier alpha value is -9.64. The predicted molar refractivity (Wildman–Crippen MR) is 324 cm³/mol. The molecule has 0 saturated heterocycles. The van der Waals surface area contributed by atoms with Crippen molar-refractivity contribution in [3.05, 3.63) is 277 Å². The molecule has 0 radical (unpaired) electrons. The molecule has 14 aromatic rings. The zero-order valence-corrected chi connectivity index (χ0v) is 43.0. The molecule has 0 saturated carbocycles.